The summed E-state index contributed by atoms with van der Waals surface area (Å²) >= 11 is 1.30. The van der Waals surface area contributed by atoms with E-state index in [1.54, 1.807) is 4.68 Å². The second-order valence-electron chi connectivity index (χ2n) is 6.20. The van der Waals surface area contributed by atoms with Crippen LogP contribution in [0.1, 0.15) is 5.56 Å². The molecular formula is C19H19N5O3S. The molecule has 1 unspecified atom stereocenters. The van der Waals surface area contributed by atoms with Gasteiger partial charge < -0.3 is 14.8 Å². The number of ether oxygens (including phenoxy) is 2. The van der Waals surface area contributed by atoms with Gasteiger partial charge >= 0.3 is 0 Å². The minimum atomic E-state index is -0.216. The monoisotopic (exact) mass is 397 g/mol. The number of aromatic nitrogens is 4. The van der Waals surface area contributed by atoms with Crippen molar-refractivity contribution in [2.24, 2.45) is 0 Å². The average molecular weight is 397 g/mol. The van der Waals surface area contributed by atoms with Gasteiger partial charge in [0.05, 0.1) is 18.8 Å². The van der Waals surface area contributed by atoms with Gasteiger partial charge in [0, 0.05) is 0 Å². The summed E-state index contributed by atoms with van der Waals surface area (Å²) in [6.07, 6.45) is -0.216. The smallest absolute Gasteiger partial charge is 0.230 e. The number of nitrogens with one attached hydrogen (secondary N) is 1. The first-order chi connectivity index (χ1) is 13.8. The van der Waals surface area contributed by atoms with Crippen LogP contribution in [0.4, 0.5) is 0 Å². The zero-order valence-corrected chi connectivity index (χ0v) is 15.8. The quantitative estimate of drug-likeness (QED) is 0.608. The lowest BCUT2D eigenvalue weighted by Gasteiger charge is -2.26. The number of hydrogen-bond acceptors (Lipinski definition) is 7. The van der Waals surface area contributed by atoms with Gasteiger partial charge in [0.2, 0.25) is 11.1 Å². The van der Waals surface area contributed by atoms with Crippen LogP contribution in [0.15, 0.2) is 59.8 Å². The van der Waals surface area contributed by atoms with Crippen LogP contribution < -0.4 is 14.8 Å². The molecule has 28 heavy (non-hydrogen) atoms. The Hall–Kier alpha value is -3.07. The molecule has 1 aromatic heterocycles. The molecule has 2 aromatic carbocycles. The predicted molar refractivity (Wildman–Crippen MR) is 103 cm³/mol. The van der Waals surface area contributed by atoms with E-state index < -0.39 is 0 Å². The zero-order valence-electron chi connectivity index (χ0n) is 15.0. The Kier molecular flexibility index (Phi) is 5.72. The number of benzene rings is 2. The van der Waals surface area contributed by atoms with E-state index in [1.807, 2.05) is 54.6 Å². The third kappa shape index (κ3) is 4.61. The van der Waals surface area contributed by atoms with Gasteiger partial charge in [-0.15, -0.1) is 5.10 Å². The van der Waals surface area contributed by atoms with Crippen molar-refractivity contribution in [2.45, 2.75) is 17.8 Å². The second kappa shape index (κ2) is 8.75. The zero-order chi connectivity index (χ0) is 19.2. The highest BCUT2D eigenvalue weighted by atomic mass is 32.2. The fourth-order valence-corrected chi connectivity index (χ4v) is 3.43. The van der Waals surface area contributed by atoms with E-state index in [4.69, 9.17) is 9.47 Å². The van der Waals surface area contributed by atoms with Crippen LogP contribution in [0.3, 0.4) is 0 Å². The SMILES string of the molecule is O=C(CSc1nnnn1Cc1ccccc1)NCC1COc2ccccc2O1. The van der Waals surface area contributed by atoms with Crippen molar-refractivity contribution in [1.29, 1.82) is 0 Å². The molecular weight excluding hydrogens is 378 g/mol. The molecule has 0 bridgehead atoms. The van der Waals surface area contributed by atoms with Crippen molar-refractivity contribution >= 4 is 17.7 Å². The van der Waals surface area contributed by atoms with Crippen LogP contribution in [-0.4, -0.2) is 51.1 Å². The van der Waals surface area contributed by atoms with Crippen LogP contribution in [-0.2, 0) is 11.3 Å². The Labute approximate surface area is 166 Å². The first kappa shape index (κ1) is 18.3. The molecule has 8 nitrogen and oxygen atoms in total. The molecule has 4 rings (SSSR count). The van der Waals surface area contributed by atoms with Crippen molar-refractivity contribution in [3.05, 3.63) is 60.2 Å². The van der Waals surface area contributed by atoms with E-state index in [2.05, 4.69) is 20.8 Å². The summed E-state index contributed by atoms with van der Waals surface area (Å²) in [5.74, 6) is 1.54. The van der Waals surface area contributed by atoms with Gasteiger partial charge in [0.25, 0.3) is 0 Å². The highest BCUT2D eigenvalue weighted by molar-refractivity contribution is 7.99. The van der Waals surface area contributed by atoms with Crippen molar-refractivity contribution in [3.63, 3.8) is 0 Å². The topological polar surface area (TPSA) is 91.2 Å². The number of thioether (sulfide) groups is 1. The number of carbonyl (C=O) groups is 1. The number of hydrogen-bond donors (Lipinski definition) is 1. The fourth-order valence-electron chi connectivity index (χ4n) is 2.73. The number of amides is 1. The molecule has 0 spiro atoms. The summed E-state index contributed by atoms with van der Waals surface area (Å²) in [6.45, 7) is 1.34. The van der Waals surface area contributed by atoms with Crippen LogP contribution >= 0.6 is 11.8 Å². The van der Waals surface area contributed by atoms with Crippen LogP contribution in [0.25, 0.3) is 0 Å². The van der Waals surface area contributed by atoms with E-state index in [0.717, 1.165) is 11.3 Å². The molecule has 1 atom stereocenters. The molecule has 1 aliphatic heterocycles. The van der Waals surface area contributed by atoms with E-state index in [-0.39, 0.29) is 17.8 Å². The number of rotatable bonds is 7. The maximum atomic E-state index is 12.2. The molecule has 144 valence electrons. The van der Waals surface area contributed by atoms with Gasteiger partial charge in [0.1, 0.15) is 12.7 Å². The summed E-state index contributed by atoms with van der Waals surface area (Å²) in [5.41, 5.74) is 1.09. The summed E-state index contributed by atoms with van der Waals surface area (Å²) in [6, 6.07) is 17.4. The van der Waals surface area contributed by atoms with E-state index >= 15 is 0 Å². The van der Waals surface area contributed by atoms with Gasteiger partial charge in [-0.2, -0.15) is 0 Å². The summed E-state index contributed by atoms with van der Waals surface area (Å²) in [5, 5.41) is 15.2. The Bertz CT molecular complexity index is 934. The minimum absolute atomic E-state index is 0.110. The third-order valence-electron chi connectivity index (χ3n) is 4.10. The van der Waals surface area contributed by atoms with Gasteiger partial charge in [-0.3, -0.25) is 4.79 Å². The molecule has 3 aromatic rings. The summed E-state index contributed by atoms with van der Waals surface area (Å²) in [7, 11) is 0. The third-order valence-corrected chi connectivity index (χ3v) is 5.06. The standard InChI is InChI=1S/C19H19N5O3S/c25-18(20-10-15-12-26-16-8-4-5-9-17(16)27-15)13-28-19-21-22-23-24(19)11-14-6-2-1-3-7-14/h1-9,15H,10-13H2,(H,20,25). The Morgan fingerprint density at radius 1 is 1.14 bits per heavy atom. The van der Waals surface area contributed by atoms with Crippen molar-refractivity contribution in [1.82, 2.24) is 25.5 Å². The van der Waals surface area contributed by atoms with Gasteiger partial charge in [-0.05, 0) is 28.1 Å². The molecule has 0 radical (unpaired) electrons. The molecule has 0 fully saturated rings. The maximum Gasteiger partial charge on any atom is 0.230 e. The molecule has 1 N–H and O–H groups in total. The van der Waals surface area contributed by atoms with Crippen molar-refractivity contribution < 1.29 is 14.3 Å². The Balaban J connectivity index is 1.24. The normalized spacial score (nSPS) is 15.2. The molecule has 1 amide bonds. The largest absolute Gasteiger partial charge is 0.486 e. The summed E-state index contributed by atoms with van der Waals surface area (Å²) in [4.78, 5) is 12.2. The van der Waals surface area contributed by atoms with Crippen molar-refractivity contribution in [2.75, 3.05) is 18.9 Å². The molecule has 9 heteroatoms. The fraction of sp³-hybridized carbons (Fsp3) is 0.263. The van der Waals surface area contributed by atoms with Crippen LogP contribution in [0, 0.1) is 0 Å². The molecule has 0 saturated carbocycles. The molecule has 0 aliphatic carbocycles. The first-order valence-corrected chi connectivity index (χ1v) is 9.84. The molecule has 1 aliphatic rings. The minimum Gasteiger partial charge on any atom is -0.486 e. The van der Waals surface area contributed by atoms with E-state index in [1.165, 1.54) is 11.8 Å². The Morgan fingerprint density at radius 2 is 1.93 bits per heavy atom. The average Bonchev–Trinajstić information content (AvgIpc) is 3.18. The van der Waals surface area contributed by atoms with Gasteiger partial charge in [0.15, 0.2) is 11.5 Å². The van der Waals surface area contributed by atoms with Crippen LogP contribution in [0.2, 0.25) is 0 Å². The van der Waals surface area contributed by atoms with E-state index in [9.17, 15) is 4.79 Å². The number of nitrogens with zero attached hydrogens (tertiary/aromatic N) is 4. The van der Waals surface area contributed by atoms with Crippen LogP contribution in [0.5, 0.6) is 11.5 Å². The Morgan fingerprint density at radius 3 is 2.79 bits per heavy atom. The number of tetrazole rings is 1. The lowest BCUT2D eigenvalue weighted by molar-refractivity contribution is -0.119. The maximum absolute atomic E-state index is 12.2. The lowest BCUT2D eigenvalue weighted by atomic mass is 10.2. The predicted octanol–water partition coefficient (Wildman–Crippen LogP) is 1.77. The van der Waals surface area contributed by atoms with E-state index in [0.29, 0.717) is 30.6 Å². The molecule has 0 saturated heterocycles. The highest BCUT2D eigenvalue weighted by Gasteiger charge is 2.21. The number of carbonyl (C=O) groups excluding carboxylic acids is 1. The molecule has 2 heterocycles. The number of para-hydroxylation sites is 2. The van der Waals surface area contributed by atoms with Crippen molar-refractivity contribution in [3.8, 4) is 11.5 Å². The first-order valence-electron chi connectivity index (χ1n) is 8.86. The highest BCUT2D eigenvalue weighted by Crippen LogP contribution is 2.30. The van der Waals surface area contributed by atoms with Gasteiger partial charge in [-0.1, -0.05) is 54.2 Å². The second-order valence-corrected chi connectivity index (χ2v) is 7.14. The summed E-state index contributed by atoms with van der Waals surface area (Å²) < 4.78 is 13.2. The number of fused-ring (bicyclic) bond motifs is 1. The lowest BCUT2D eigenvalue weighted by Crippen LogP contribution is -2.41. The van der Waals surface area contributed by atoms with Gasteiger partial charge in [-0.25, -0.2) is 4.68 Å².